The molecule has 0 aliphatic rings. The SMILES string of the molecule is CC(C)Cc1cccc(C(=O)NC(C)c2nccc(=O)[nH]2)c1. The minimum absolute atomic E-state index is 0.176. The highest BCUT2D eigenvalue weighted by atomic mass is 16.1. The number of H-pyrrole nitrogens is 1. The van der Waals surface area contributed by atoms with Crippen LogP contribution in [0.3, 0.4) is 0 Å². The smallest absolute Gasteiger partial charge is 0.251 e. The van der Waals surface area contributed by atoms with Crippen LogP contribution >= 0.6 is 0 Å². The summed E-state index contributed by atoms with van der Waals surface area (Å²) >= 11 is 0. The number of carbonyl (C=O) groups excluding carboxylic acids is 1. The molecule has 2 rings (SSSR count). The number of carbonyl (C=O) groups is 1. The van der Waals surface area contributed by atoms with E-state index in [0.29, 0.717) is 17.3 Å². The molecule has 1 aromatic carbocycles. The predicted octanol–water partition coefficient (Wildman–Crippen LogP) is 2.46. The maximum Gasteiger partial charge on any atom is 0.251 e. The third-order valence-electron chi connectivity index (χ3n) is 3.28. The molecule has 0 aliphatic carbocycles. The van der Waals surface area contributed by atoms with Crippen molar-refractivity contribution < 1.29 is 4.79 Å². The minimum Gasteiger partial charge on any atom is -0.342 e. The lowest BCUT2D eigenvalue weighted by Crippen LogP contribution is -2.29. The monoisotopic (exact) mass is 299 g/mol. The van der Waals surface area contributed by atoms with Crippen LogP contribution in [0.2, 0.25) is 0 Å². The fourth-order valence-corrected chi connectivity index (χ4v) is 2.26. The van der Waals surface area contributed by atoms with Crippen LogP contribution in [0.1, 0.15) is 48.6 Å². The lowest BCUT2D eigenvalue weighted by molar-refractivity contribution is 0.0938. The van der Waals surface area contributed by atoms with Gasteiger partial charge in [0.2, 0.25) is 0 Å². The molecule has 22 heavy (non-hydrogen) atoms. The van der Waals surface area contributed by atoms with Crippen molar-refractivity contribution >= 4 is 5.91 Å². The number of hydrogen-bond donors (Lipinski definition) is 2. The summed E-state index contributed by atoms with van der Waals surface area (Å²) in [5.74, 6) is 0.805. The molecule has 0 fully saturated rings. The van der Waals surface area contributed by atoms with E-state index in [2.05, 4.69) is 29.1 Å². The van der Waals surface area contributed by atoms with E-state index in [1.165, 1.54) is 12.3 Å². The van der Waals surface area contributed by atoms with Gasteiger partial charge in [-0.3, -0.25) is 9.59 Å². The van der Waals surface area contributed by atoms with E-state index in [-0.39, 0.29) is 17.5 Å². The summed E-state index contributed by atoms with van der Waals surface area (Å²) in [5.41, 5.74) is 1.52. The first kappa shape index (κ1) is 15.9. The molecule has 1 heterocycles. The van der Waals surface area contributed by atoms with Crippen LogP contribution in [-0.2, 0) is 6.42 Å². The number of aromatic nitrogens is 2. The van der Waals surface area contributed by atoms with Gasteiger partial charge in [-0.1, -0.05) is 26.0 Å². The quantitative estimate of drug-likeness (QED) is 0.890. The van der Waals surface area contributed by atoms with E-state index < -0.39 is 0 Å². The van der Waals surface area contributed by atoms with Gasteiger partial charge in [-0.25, -0.2) is 4.98 Å². The first-order valence-corrected chi connectivity index (χ1v) is 7.40. The molecule has 1 aromatic heterocycles. The number of aromatic amines is 1. The Bertz CT molecular complexity index is 707. The van der Waals surface area contributed by atoms with Gasteiger partial charge in [-0.2, -0.15) is 0 Å². The van der Waals surface area contributed by atoms with Crippen molar-refractivity contribution in [3.8, 4) is 0 Å². The number of amides is 1. The lowest BCUT2D eigenvalue weighted by atomic mass is 10.0. The Labute approximate surface area is 129 Å². The number of benzene rings is 1. The maximum atomic E-state index is 12.3. The summed E-state index contributed by atoms with van der Waals surface area (Å²) in [6.07, 6.45) is 2.37. The van der Waals surface area contributed by atoms with Crippen molar-refractivity contribution in [3.05, 3.63) is 63.8 Å². The molecule has 2 N–H and O–H groups in total. The van der Waals surface area contributed by atoms with E-state index in [4.69, 9.17) is 0 Å². The van der Waals surface area contributed by atoms with E-state index in [0.717, 1.165) is 12.0 Å². The van der Waals surface area contributed by atoms with Crippen LogP contribution in [0, 0.1) is 5.92 Å². The number of nitrogens with one attached hydrogen (secondary N) is 2. The second kappa shape index (κ2) is 7.02. The standard InChI is InChI=1S/C17H21N3O2/c1-11(2)9-13-5-4-6-14(10-13)17(22)19-12(3)16-18-8-7-15(21)20-16/h4-8,10-12H,9H2,1-3H3,(H,19,22)(H,18,20,21). The van der Waals surface area contributed by atoms with Crippen LogP contribution in [-0.4, -0.2) is 15.9 Å². The molecule has 0 radical (unpaired) electrons. The highest BCUT2D eigenvalue weighted by molar-refractivity contribution is 5.94. The normalized spacial score (nSPS) is 12.2. The second-order valence-electron chi connectivity index (χ2n) is 5.81. The number of hydrogen-bond acceptors (Lipinski definition) is 3. The third kappa shape index (κ3) is 4.28. The van der Waals surface area contributed by atoms with Crippen LogP contribution in [0.4, 0.5) is 0 Å². The molecule has 0 saturated heterocycles. The predicted molar refractivity (Wildman–Crippen MR) is 85.7 cm³/mol. The van der Waals surface area contributed by atoms with E-state index in [1.54, 1.807) is 13.0 Å². The average Bonchev–Trinajstić information content (AvgIpc) is 2.46. The molecule has 2 aromatic rings. The Hall–Kier alpha value is -2.43. The van der Waals surface area contributed by atoms with Crippen LogP contribution < -0.4 is 10.9 Å². The minimum atomic E-state index is -0.366. The fraction of sp³-hybridized carbons (Fsp3) is 0.353. The highest BCUT2D eigenvalue weighted by Gasteiger charge is 2.13. The summed E-state index contributed by atoms with van der Waals surface area (Å²) in [6.45, 7) is 6.08. The van der Waals surface area contributed by atoms with Crippen LogP contribution in [0.15, 0.2) is 41.3 Å². The van der Waals surface area contributed by atoms with Gasteiger partial charge in [0, 0.05) is 17.8 Å². The van der Waals surface area contributed by atoms with Crippen molar-refractivity contribution in [2.24, 2.45) is 5.92 Å². The largest absolute Gasteiger partial charge is 0.342 e. The third-order valence-corrected chi connectivity index (χ3v) is 3.28. The first-order valence-electron chi connectivity index (χ1n) is 7.40. The summed E-state index contributed by atoms with van der Waals surface area (Å²) in [7, 11) is 0. The van der Waals surface area contributed by atoms with Gasteiger partial charge in [-0.15, -0.1) is 0 Å². The summed E-state index contributed by atoms with van der Waals surface area (Å²) in [6, 6.07) is 8.58. The zero-order chi connectivity index (χ0) is 16.1. The number of rotatable bonds is 5. The van der Waals surface area contributed by atoms with Gasteiger partial charge < -0.3 is 10.3 Å². The second-order valence-corrected chi connectivity index (χ2v) is 5.81. The topological polar surface area (TPSA) is 74.8 Å². The van der Waals surface area contributed by atoms with E-state index in [9.17, 15) is 9.59 Å². The molecular formula is C17H21N3O2. The van der Waals surface area contributed by atoms with Crippen molar-refractivity contribution in [3.63, 3.8) is 0 Å². The van der Waals surface area contributed by atoms with Gasteiger partial charge in [0.25, 0.3) is 11.5 Å². The van der Waals surface area contributed by atoms with E-state index >= 15 is 0 Å². The van der Waals surface area contributed by atoms with E-state index in [1.807, 2.05) is 18.2 Å². The summed E-state index contributed by atoms with van der Waals surface area (Å²) in [4.78, 5) is 30.3. The first-order chi connectivity index (χ1) is 10.5. The highest BCUT2D eigenvalue weighted by Crippen LogP contribution is 2.12. The molecule has 116 valence electrons. The fourth-order valence-electron chi connectivity index (χ4n) is 2.26. The maximum absolute atomic E-state index is 12.3. The molecule has 5 heteroatoms. The summed E-state index contributed by atoms with van der Waals surface area (Å²) < 4.78 is 0. The van der Waals surface area contributed by atoms with Gasteiger partial charge in [0.05, 0.1) is 6.04 Å². The average molecular weight is 299 g/mol. The molecule has 0 spiro atoms. The van der Waals surface area contributed by atoms with Gasteiger partial charge >= 0.3 is 0 Å². The molecule has 0 aliphatic heterocycles. The van der Waals surface area contributed by atoms with Crippen LogP contribution in [0.5, 0.6) is 0 Å². The molecule has 1 unspecified atom stereocenters. The van der Waals surface area contributed by atoms with Gasteiger partial charge in [0.1, 0.15) is 5.82 Å². The van der Waals surface area contributed by atoms with Crippen molar-refractivity contribution in [1.29, 1.82) is 0 Å². The molecule has 5 nitrogen and oxygen atoms in total. The molecular weight excluding hydrogens is 278 g/mol. The van der Waals surface area contributed by atoms with Crippen LogP contribution in [0.25, 0.3) is 0 Å². The van der Waals surface area contributed by atoms with Gasteiger partial charge in [0.15, 0.2) is 0 Å². The van der Waals surface area contributed by atoms with Crippen molar-refractivity contribution in [2.45, 2.75) is 33.2 Å². The molecule has 1 amide bonds. The molecule has 0 bridgehead atoms. The Morgan fingerprint density at radius 1 is 1.27 bits per heavy atom. The zero-order valence-corrected chi connectivity index (χ0v) is 13.1. The Morgan fingerprint density at radius 2 is 2.05 bits per heavy atom. The number of nitrogens with zero attached hydrogens (tertiary/aromatic N) is 1. The summed E-state index contributed by atoms with van der Waals surface area (Å²) in [5, 5.41) is 2.85. The molecule has 0 saturated carbocycles. The van der Waals surface area contributed by atoms with Gasteiger partial charge in [-0.05, 0) is 37.0 Å². The Morgan fingerprint density at radius 3 is 2.73 bits per heavy atom. The Balaban J connectivity index is 2.10. The van der Waals surface area contributed by atoms with Crippen molar-refractivity contribution in [1.82, 2.24) is 15.3 Å². The lowest BCUT2D eigenvalue weighted by Gasteiger charge is -2.13. The molecule has 1 atom stereocenters. The Kier molecular flexibility index (Phi) is 5.09. The van der Waals surface area contributed by atoms with Crippen molar-refractivity contribution in [2.75, 3.05) is 0 Å². The zero-order valence-electron chi connectivity index (χ0n) is 13.1.